The van der Waals surface area contributed by atoms with Gasteiger partial charge in [0.15, 0.2) is 0 Å². The molecule has 6 nitrogen and oxygen atoms in total. The predicted octanol–water partition coefficient (Wildman–Crippen LogP) is 2.59. The average molecular weight is 283 g/mol. The third-order valence-corrected chi connectivity index (χ3v) is 2.77. The molecule has 0 fully saturated rings. The largest absolute Gasteiger partial charge is 0.277 e. The van der Waals surface area contributed by atoms with E-state index in [9.17, 15) is 14.9 Å². The molecule has 0 heterocycles. The van der Waals surface area contributed by atoms with Gasteiger partial charge >= 0.3 is 0 Å². The van der Waals surface area contributed by atoms with E-state index in [1.54, 1.807) is 12.1 Å². The molecule has 0 radical (unpaired) electrons. The minimum absolute atomic E-state index is 0.0173. The van der Waals surface area contributed by atoms with E-state index < -0.39 is 4.92 Å². The molecule has 0 N–H and O–H groups in total. The number of nitro benzene ring substituents is 1. The van der Waals surface area contributed by atoms with Gasteiger partial charge < -0.3 is 0 Å². The number of rotatable bonds is 6. The van der Waals surface area contributed by atoms with Crippen LogP contribution in [0.5, 0.6) is 0 Å². The number of amides is 1. The Hall–Kier alpha value is -3.02. The zero-order chi connectivity index (χ0) is 15.1. The van der Waals surface area contributed by atoms with Crippen molar-refractivity contribution >= 4 is 18.3 Å². The van der Waals surface area contributed by atoms with E-state index in [4.69, 9.17) is 0 Å². The minimum Gasteiger partial charge on any atom is -0.277 e. The smallest absolute Gasteiger partial charge is 0.269 e. The summed E-state index contributed by atoms with van der Waals surface area (Å²) in [6.45, 7) is 0.369. The zero-order valence-electron chi connectivity index (χ0n) is 11.1. The second-order valence-corrected chi connectivity index (χ2v) is 4.28. The Morgan fingerprint density at radius 2 is 1.76 bits per heavy atom. The number of benzene rings is 2. The van der Waals surface area contributed by atoms with Gasteiger partial charge in [-0.05, 0) is 23.3 Å². The van der Waals surface area contributed by atoms with Crippen LogP contribution in [0.1, 0.15) is 11.1 Å². The SMILES string of the molecule is O=CN(Cc1ccccc1)N=Cc1ccc([N+](=O)[O-])cc1. The normalized spacial score (nSPS) is 10.5. The summed E-state index contributed by atoms with van der Waals surface area (Å²) in [6, 6.07) is 15.4. The standard InChI is InChI=1S/C15H13N3O3/c19-12-17(11-14-4-2-1-3-5-14)16-10-13-6-8-15(9-7-13)18(20)21/h1-10,12H,11H2. The molecule has 1 amide bonds. The number of nitro groups is 1. The molecule has 106 valence electrons. The topological polar surface area (TPSA) is 75.8 Å². The lowest BCUT2D eigenvalue weighted by molar-refractivity contribution is -0.384. The van der Waals surface area contributed by atoms with Crippen LogP contribution in [0.15, 0.2) is 59.7 Å². The number of hydrazone groups is 1. The third kappa shape index (κ3) is 4.24. The first-order valence-electron chi connectivity index (χ1n) is 6.23. The molecule has 0 aliphatic heterocycles. The summed E-state index contributed by atoms with van der Waals surface area (Å²) in [4.78, 5) is 21.1. The summed E-state index contributed by atoms with van der Waals surface area (Å²) in [5.74, 6) is 0. The molecule has 0 aromatic heterocycles. The van der Waals surface area contributed by atoms with Gasteiger partial charge in [-0.25, -0.2) is 5.01 Å². The van der Waals surface area contributed by atoms with Gasteiger partial charge in [0.2, 0.25) is 6.41 Å². The zero-order valence-corrected chi connectivity index (χ0v) is 11.1. The Morgan fingerprint density at radius 1 is 1.10 bits per heavy atom. The Kier molecular flexibility index (Phi) is 4.76. The highest BCUT2D eigenvalue weighted by atomic mass is 16.6. The fourth-order valence-corrected chi connectivity index (χ4v) is 1.70. The Morgan fingerprint density at radius 3 is 2.33 bits per heavy atom. The fraction of sp³-hybridized carbons (Fsp3) is 0.0667. The Balaban J connectivity index is 2.03. The number of hydrogen-bond acceptors (Lipinski definition) is 4. The fourth-order valence-electron chi connectivity index (χ4n) is 1.70. The van der Waals surface area contributed by atoms with Gasteiger partial charge in [-0.15, -0.1) is 0 Å². The quantitative estimate of drug-likeness (QED) is 0.354. The first-order chi connectivity index (χ1) is 10.2. The van der Waals surface area contributed by atoms with Crippen molar-refractivity contribution in [3.05, 3.63) is 75.8 Å². The Bertz CT molecular complexity index is 639. The van der Waals surface area contributed by atoms with Gasteiger partial charge in [0, 0.05) is 12.1 Å². The number of hydrogen-bond donors (Lipinski definition) is 0. The average Bonchev–Trinajstić information content (AvgIpc) is 2.52. The van der Waals surface area contributed by atoms with E-state index in [-0.39, 0.29) is 5.69 Å². The number of nitrogens with zero attached hydrogens (tertiary/aromatic N) is 3. The lowest BCUT2D eigenvalue weighted by Gasteiger charge is -2.10. The molecule has 0 saturated carbocycles. The van der Waals surface area contributed by atoms with E-state index in [1.807, 2.05) is 30.3 Å². The van der Waals surface area contributed by atoms with E-state index in [1.165, 1.54) is 23.4 Å². The van der Waals surface area contributed by atoms with Crippen molar-refractivity contribution in [3.63, 3.8) is 0 Å². The molecule has 0 bridgehead atoms. The molecule has 0 unspecified atom stereocenters. The number of carbonyl (C=O) groups is 1. The van der Waals surface area contributed by atoms with Gasteiger partial charge in [-0.3, -0.25) is 14.9 Å². The first-order valence-corrected chi connectivity index (χ1v) is 6.23. The molecule has 2 aromatic carbocycles. The molecule has 0 spiro atoms. The lowest BCUT2D eigenvalue weighted by atomic mass is 10.2. The molecule has 2 rings (SSSR count). The van der Waals surface area contributed by atoms with Gasteiger partial charge in [-0.2, -0.15) is 5.10 Å². The molecule has 6 heteroatoms. The predicted molar refractivity (Wildman–Crippen MR) is 78.7 cm³/mol. The summed E-state index contributed by atoms with van der Waals surface area (Å²) in [5, 5.41) is 15.9. The number of carbonyl (C=O) groups excluding carboxylic acids is 1. The van der Waals surface area contributed by atoms with E-state index in [2.05, 4.69) is 5.10 Å². The van der Waals surface area contributed by atoms with Crippen LogP contribution in [0.25, 0.3) is 0 Å². The van der Waals surface area contributed by atoms with Crippen molar-refractivity contribution in [1.29, 1.82) is 0 Å². The highest BCUT2D eigenvalue weighted by Gasteiger charge is 2.03. The summed E-state index contributed by atoms with van der Waals surface area (Å²) in [6.07, 6.45) is 2.12. The molecular weight excluding hydrogens is 270 g/mol. The van der Waals surface area contributed by atoms with Crippen molar-refractivity contribution in [2.45, 2.75) is 6.54 Å². The summed E-state index contributed by atoms with van der Waals surface area (Å²) in [5.41, 5.74) is 1.66. The highest BCUT2D eigenvalue weighted by Crippen LogP contribution is 2.11. The molecule has 0 aliphatic carbocycles. The molecule has 0 atom stereocenters. The molecule has 0 aliphatic rings. The van der Waals surface area contributed by atoms with Crippen LogP contribution in [0.3, 0.4) is 0 Å². The maximum atomic E-state index is 11.0. The van der Waals surface area contributed by atoms with E-state index in [0.717, 1.165) is 5.56 Å². The Labute approximate surface area is 121 Å². The summed E-state index contributed by atoms with van der Waals surface area (Å²) >= 11 is 0. The van der Waals surface area contributed by atoms with Crippen molar-refractivity contribution in [2.24, 2.45) is 5.10 Å². The molecule has 21 heavy (non-hydrogen) atoms. The summed E-state index contributed by atoms with van der Waals surface area (Å²) < 4.78 is 0. The van der Waals surface area contributed by atoms with Crippen molar-refractivity contribution in [3.8, 4) is 0 Å². The molecular formula is C15H13N3O3. The second kappa shape index (κ2) is 6.95. The van der Waals surface area contributed by atoms with E-state index >= 15 is 0 Å². The van der Waals surface area contributed by atoms with E-state index in [0.29, 0.717) is 18.5 Å². The second-order valence-electron chi connectivity index (χ2n) is 4.28. The third-order valence-electron chi connectivity index (χ3n) is 2.77. The van der Waals surface area contributed by atoms with Crippen LogP contribution in [0, 0.1) is 10.1 Å². The maximum absolute atomic E-state index is 11.0. The van der Waals surface area contributed by atoms with Gasteiger partial charge in [0.05, 0.1) is 17.7 Å². The maximum Gasteiger partial charge on any atom is 0.269 e. The summed E-state index contributed by atoms with van der Waals surface area (Å²) in [7, 11) is 0. The molecule has 0 saturated heterocycles. The van der Waals surface area contributed by atoms with Crippen LogP contribution in [0.4, 0.5) is 5.69 Å². The van der Waals surface area contributed by atoms with Crippen molar-refractivity contribution < 1.29 is 9.72 Å². The van der Waals surface area contributed by atoms with Gasteiger partial charge in [0.25, 0.3) is 5.69 Å². The van der Waals surface area contributed by atoms with Crippen molar-refractivity contribution in [1.82, 2.24) is 5.01 Å². The molecule has 2 aromatic rings. The first kappa shape index (κ1) is 14.4. The van der Waals surface area contributed by atoms with Gasteiger partial charge in [0.1, 0.15) is 0 Å². The van der Waals surface area contributed by atoms with Crippen LogP contribution in [-0.4, -0.2) is 22.6 Å². The number of non-ortho nitro benzene ring substituents is 1. The van der Waals surface area contributed by atoms with Crippen LogP contribution >= 0.6 is 0 Å². The van der Waals surface area contributed by atoms with Crippen LogP contribution in [-0.2, 0) is 11.3 Å². The minimum atomic E-state index is -0.464. The lowest BCUT2D eigenvalue weighted by Crippen LogP contribution is -2.14. The van der Waals surface area contributed by atoms with Crippen molar-refractivity contribution in [2.75, 3.05) is 0 Å². The highest BCUT2D eigenvalue weighted by molar-refractivity contribution is 5.80. The monoisotopic (exact) mass is 283 g/mol. The van der Waals surface area contributed by atoms with Crippen LogP contribution < -0.4 is 0 Å². The van der Waals surface area contributed by atoms with Crippen LogP contribution in [0.2, 0.25) is 0 Å². The van der Waals surface area contributed by atoms with Gasteiger partial charge in [-0.1, -0.05) is 30.3 Å².